The van der Waals surface area contributed by atoms with E-state index in [4.69, 9.17) is 14.2 Å². The lowest BCUT2D eigenvalue weighted by atomic mass is 9.97. The van der Waals surface area contributed by atoms with E-state index in [1.807, 2.05) is 23.1 Å². The Bertz CT molecular complexity index is 1120. The SMILES string of the molecule is Cc1ccccc1-c1cc2c(c(OC3CCOC3)c1)OCCN(Cc1c(F)cccc1F)C2. The summed E-state index contributed by atoms with van der Waals surface area (Å²) in [6.45, 7) is 4.95. The molecule has 0 saturated carbocycles. The summed E-state index contributed by atoms with van der Waals surface area (Å²) < 4.78 is 46.6. The average molecular weight is 452 g/mol. The average Bonchev–Trinajstić information content (AvgIpc) is 3.22. The van der Waals surface area contributed by atoms with Gasteiger partial charge in [-0.05, 0) is 47.9 Å². The normalized spacial score (nSPS) is 18.5. The predicted octanol–water partition coefficient (Wildman–Crippen LogP) is 5.50. The number of benzene rings is 3. The lowest BCUT2D eigenvalue weighted by Gasteiger charge is -2.21. The van der Waals surface area contributed by atoms with Crippen LogP contribution < -0.4 is 9.47 Å². The molecule has 2 aliphatic heterocycles. The van der Waals surface area contributed by atoms with E-state index in [9.17, 15) is 8.78 Å². The maximum atomic E-state index is 14.3. The van der Waals surface area contributed by atoms with Crippen LogP contribution in [0.5, 0.6) is 11.5 Å². The van der Waals surface area contributed by atoms with Crippen LogP contribution in [-0.2, 0) is 17.8 Å². The second kappa shape index (κ2) is 9.49. The standard InChI is InChI=1S/C27H27F2NO3/c1-18-5-2-3-6-22(18)19-13-20-15-30(16-23-24(28)7-4-8-25(23)29)10-12-32-27(20)26(14-19)33-21-9-11-31-17-21/h2-8,13-14,21H,9-12,15-17H2,1H3. The molecule has 3 aromatic carbocycles. The summed E-state index contributed by atoms with van der Waals surface area (Å²) in [7, 11) is 0. The van der Waals surface area contributed by atoms with Gasteiger partial charge >= 0.3 is 0 Å². The van der Waals surface area contributed by atoms with Crippen LogP contribution >= 0.6 is 0 Å². The summed E-state index contributed by atoms with van der Waals surface area (Å²) in [6, 6.07) is 16.3. The first-order chi connectivity index (χ1) is 16.1. The zero-order chi connectivity index (χ0) is 22.8. The van der Waals surface area contributed by atoms with Crippen molar-refractivity contribution in [2.75, 3.05) is 26.4 Å². The smallest absolute Gasteiger partial charge is 0.165 e. The topological polar surface area (TPSA) is 30.9 Å². The van der Waals surface area contributed by atoms with Gasteiger partial charge in [0, 0.05) is 37.2 Å². The van der Waals surface area contributed by atoms with Crippen molar-refractivity contribution in [3.05, 3.63) is 82.9 Å². The number of fused-ring (bicyclic) bond motifs is 1. The summed E-state index contributed by atoms with van der Waals surface area (Å²) in [4.78, 5) is 2.01. The van der Waals surface area contributed by atoms with Crippen molar-refractivity contribution in [2.45, 2.75) is 32.5 Å². The van der Waals surface area contributed by atoms with Crippen molar-refractivity contribution in [3.8, 4) is 22.6 Å². The highest BCUT2D eigenvalue weighted by Crippen LogP contribution is 2.40. The second-order valence-electron chi connectivity index (χ2n) is 8.64. The Morgan fingerprint density at radius 3 is 2.61 bits per heavy atom. The van der Waals surface area contributed by atoms with Crippen LogP contribution in [0.25, 0.3) is 11.1 Å². The van der Waals surface area contributed by atoms with Crippen LogP contribution in [-0.4, -0.2) is 37.4 Å². The van der Waals surface area contributed by atoms with Crippen molar-refractivity contribution in [1.82, 2.24) is 4.90 Å². The highest BCUT2D eigenvalue weighted by atomic mass is 19.1. The molecule has 0 N–H and O–H groups in total. The highest BCUT2D eigenvalue weighted by molar-refractivity contribution is 5.72. The van der Waals surface area contributed by atoms with Gasteiger partial charge in [-0.25, -0.2) is 8.78 Å². The van der Waals surface area contributed by atoms with Crippen molar-refractivity contribution >= 4 is 0 Å². The molecule has 0 bridgehead atoms. The summed E-state index contributed by atoms with van der Waals surface area (Å²) in [5, 5.41) is 0. The van der Waals surface area contributed by atoms with Gasteiger partial charge in [-0.1, -0.05) is 30.3 Å². The van der Waals surface area contributed by atoms with Crippen LogP contribution in [0.2, 0.25) is 0 Å². The maximum Gasteiger partial charge on any atom is 0.165 e. The quantitative estimate of drug-likeness (QED) is 0.512. The molecule has 4 nitrogen and oxygen atoms in total. The van der Waals surface area contributed by atoms with E-state index in [1.165, 1.54) is 18.2 Å². The Kier molecular flexibility index (Phi) is 6.29. The fraction of sp³-hybridized carbons (Fsp3) is 0.333. The first-order valence-corrected chi connectivity index (χ1v) is 11.3. The van der Waals surface area contributed by atoms with Gasteiger partial charge in [0.1, 0.15) is 24.3 Å². The number of rotatable bonds is 5. The largest absolute Gasteiger partial charge is 0.488 e. The van der Waals surface area contributed by atoms with Gasteiger partial charge in [-0.2, -0.15) is 0 Å². The molecule has 1 saturated heterocycles. The Balaban J connectivity index is 1.52. The molecule has 2 aliphatic rings. The molecule has 0 radical (unpaired) electrons. The number of hydrogen-bond donors (Lipinski definition) is 0. The molecule has 1 atom stereocenters. The zero-order valence-corrected chi connectivity index (χ0v) is 18.7. The van der Waals surface area contributed by atoms with Gasteiger partial charge < -0.3 is 14.2 Å². The molecule has 1 fully saturated rings. The van der Waals surface area contributed by atoms with Crippen molar-refractivity contribution in [1.29, 1.82) is 0 Å². The minimum Gasteiger partial charge on any atom is -0.488 e. The minimum atomic E-state index is -0.528. The van der Waals surface area contributed by atoms with E-state index in [0.717, 1.165) is 28.7 Å². The number of aryl methyl sites for hydroxylation is 1. The van der Waals surface area contributed by atoms with Gasteiger partial charge in [0.2, 0.25) is 0 Å². The van der Waals surface area contributed by atoms with Crippen LogP contribution in [0.1, 0.15) is 23.1 Å². The zero-order valence-electron chi connectivity index (χ0n) is 18.7. The van der Waals surface area contributed by atoms with Crippen molar-refractivity contribution in [2.24, 2.45) is 0 Å². The molecular formula is C27H27F2NO3. The van der Waals surface area contributed by atoms with Crippen molar-refractivity contribution in [3.63, 3.8) is 0 Å². The fourth-order valence-electron chi connectivity index (χ4n) is 4.51. The minimum absolute atomic E-state index is 0.0170. The van der Waals surface area contributed by atoms with E-state index in [2.05, 4.69) is 25.1 Å². The molecule has 6 heteroatoms. The van der Waals surface area contributed by atoms with Crippen LogP contribution in [0.15, 0.2) is 54.6 Å². The van der Waals surface area contributed by atoms with E-state index in [1.54, 1.807) is 0 Å². The Hall–Kier alpha value is -2.96. The Labute approximate surface area is 192 Å². The first-order valence-electron chi connectivity index (χ1n) is 11.3. The van der Waals surface area contributed by atoms with E-state index < -0.39 is 11.6 Å². The Morgan fingerprint density at radius 2 is 1.85 bits per heavy atom. The van der Waals surface area contributed by atoms with E-state index >= 15 is 0 Å². The maximum absolute atomic E-state index is 14.3. The third kappa shape index (κ3) is 4.72. The molecular weight excluding hydrogens is 424 g/mol. The van der Waals surface area contributed by atoms with E-state index in [0.29, 0.717) is 44.4 Å². The lowest BCUT2D eigenvalue weighted by Crippen LogP contribution is -2.26. The van der Waals surface area contributed by atoms with Gasteiger partial charge in [0.05, 0.1) is 13.2 Å². The molecule has 0 amide bonds. The second-order valence-corrected chi connectivity index (χ2v) is 8.64. The molecule has 0 aliphatic carbocycles. The van der Waals surface area contributed by atoms with Crippen LogP contribution in [0.3, 0.4) is 0 Å². The van der Waals surface area contributed by atoms with Crippen LogP contribution in [0, 0.1) is 18.6 Å². The molecule has 1 unspecified atom stereocenters. The van der Waals surface area contributed by atoms with Gasteiger partial charge in [0.25, 0.3) is 0 Å². The molecule has 0 aromatic heterocycles. The molecule has 3 aromatic rings. The molecule has 172 valence electrons. The van der Waals surface area contributed by atoms with Gasteiger partial charge in [0.15, 0.2) is 11.5 Å². The molecule has 0 spiro atoms. The molecule has 33 heavy (non-hydrogen) atoms. The summed E-state index contributed by atoms with van der Waals surface area (Å²) in [5.41, 5.74) is 4.33. The summed E-state index contributed by atoms with van der Waals surface area (Å²) in [6.07, 6.45) is 0.818. The fourth-order valence-corrected chi connectivity index (χ4v) is 4.51. The lowest BCUT2D eigenvalue weighted by molar-refractivity contribution is 0.137. The van der Waals surface area contributed by atoms with Crippen molar-refractivity contribution < 1.29 is 23.0 Å². The number of ether oxygens (including phenoxy) is 3. The molecule has 5 rings (SSSR count). The highest BCUT2D eigenvalue weighted by Gasteiger charge is 2.25. The summed E-state index contributed by atoms with van der Waals surface area (Å²) in [5.74, 6) is 0.342. The van der Waals surface area contributed by atoms with Gasteiger partial charge in [-0.3, -0.25) is 4.90 Å². The first kappa shape index (κ1) is 21.9. The van der Waals surface area contributed by atoms with Crippen LogP contribution in [0.4, 0.5) is 8.78 Å². The summed E-state index contributed by atoms with van der Waals surface area (Å²) >= 11 is 0. The monoisotopic (exact) mass is 451 g/mol. The third-order valence-electron chi connectivity index (χ3n) is 6.26. The predicted molar refractivity (Wildman–Crippen MR) is 122 cm³/mol. The third-order valence-corrected chi connectivity index (χ3v) is 6.26. The Morgan fingerprint density at radius 1 is 1.03 bits per heavy atom. The number of nitrogens with zero attached hydrogens (tertiary/aromatic N) is 1. The number of halogens is 2. The van der Waals surface area contributed by atoms with E-state index in [-0.39, 0.29) is 18.2 Å². The number of hydrogen-bond acceptors (Lipinski definition) is 4. The molecule has 2 heterocycles. The van der Waals surface area contributed by atoms with Gasteiger partial charge in [-0.15, -0.1) is 0 Å².